The molecule has 0 saturated heterocycles. The summed E-state index contributed by atoms with van der Waals surface area (Å²) in [7, 11) is 0. The molecular formula is C13H20N2O. The van der Waals surface area contributed by atoms with Gasteiger partial charge in [0.05, 0.1) is 6.61 Å². The summed E-state index contributed by atoms with van der Waals surface area (Å²) in [5.41, 5.74) is 13.8. The van der Waals surface area contributed by atoms with Crippen LogP contribution in [0, 0.1) is 0 Å². The number of hydrogen-bond acceptors (Lipinski definition) is 3. The third-order valence-electron chi connectivity index (χ3n) is 3.37. The highest BCUT2D eigenvalue weighted by molar-refractivity contribution is 5.34. The summed E-state index contributed by atoms with van der Waals surface area (Å²) >= 11 is 0. The molecule has 0 fully saturated rings. The van der Waals surface area contributed by atoms with Crippen molar-refractivity contribution in [1.82, 2.24) is 0 Å². The summed E-state index contributed by atoms with van der Waals surface area (Å²) in [6.45, 7) is 1.98. The second-order valence-electron chi connectivity index (χ2n) is 4.35. The van der Waals surface area contributed by atoms with Gasteiger partial charge in [0.2, 0.25) is 0 Å². The number of ether oxygens (including phenoxy) is 1. The van der Waals surface area contributed by atoms with E-state index < -0.39 is 0 Å². The van der Waals surface area contributed by atoms with Crippen LogP contribution in [0.2, 0.25) is 0 Å². The minimum Gasteiger partial charge on any atom is -0.369 e. The first-order chi connectivity index (χ1) is 7.82. The van der Waals surface area contributed by atoms with Gasteiger partial charge >= 0.3 is 0 Å². The van der Waals surface area contributed by atoms with E-state index >= 15 is 0 Å². The van der Waals surface area contributed by atoms with Gasteiger partial charge in [0.1, 0.15) is 5.60 Å². The Morgan fingerprint density at radius 1 is 1.25 bits per heavy atom. The van der Waals surface area contributed by atoms with Crippen LogP contribution < -0.4 is 11.5 Å². The fourth-order valence-electron chi connectivity index (χ4n) is 2.48. The average Bonchev–Trinajstić information content (AvgIpc) is 2.36. The average molecular weight is 220 g/mol. The maximum Gasteiger partial charge on any atom is 0.106 e. The SMILES string of the molecule is NCCCC1(CN)OCCc2ccccc21. The van der Waals surface area contributed by atoms with E-state index in [2.05, 4.69) is 24.3 Å². The smallest absolute Gasteiger partial charge is 0.106 e. The monoisotopic (exact) mass is 220 g/mol. The Morgan fingerprint density at radius 2 is 2.06 bits per heavy atom. The fourth-order valence-corrected chi connectivity index (χ4v) is 2.48. The molecule has 0 bridgehead atoms. The molecule has 3 nitrogen and oxygen atoms in total. The van der Waals surface area contributed by atoms with Crippen LogP contribution in [0.25, 0.3) is 0 Å². The van der Waals surface area contributed by atoms with Crippen molar-refractivity contribution in [2.24, 2.45) is 11.5 Å². The Labute approximate surface area is 96.8 Å². The van der Waals surface area contributed by atoms with Gasteiger partial charge in [-0.05, 0) is 36.9 Å². The standard InChI is InChI=1S/C13H20N2O/c14-8-3-7-13(10-15)12-5-2-1-4-11(12)6-9-16-13/h1-2,4-5H,3,6-10,14-15H2. The van der Waals surface area contributed by atoms with Crippen LogP contribution in [-0.4, -0.2) is 19.7 Å². The van der Waals surface area contributed by atoms with Crippen molar-refractivity contribution in [3.05, 3.63) is 35.4 Å². The van der Waals surface area contributed by atoms with E-state index in [1.54, 1.807) is 0 Å². The van der Waals surface area contributed by atoms with E-state index in [0.29, 0.717) is 13.1 Å². The molecule has 1 unspecified atom stereocenters. The van der Waals surface area contributed by atoms with E-state index in [1.807, 2.05) is 0 Å². The first kappa shape index (κ1) is 11.6. The molecule has 0 amide bonds. The highest BCUT2D eigenvalue weighted by Gasteiger charge is 2.35. The zero-order chi connectivity index (χ0) is 11.4. The molecule has 2 rings (SSSR count). The van der Waals surface area contributed by atoms with Gasteiger partial charge in [0, 0.05) is 6.54 Å². The maximum absolute atomic E-state index is 5.96. The van der Waals surface area contributed by atoms with Crippen molar-refractivity contribution in [3.8, 4) is 0 Å². The third kappa shape index (κ3) is 1.98. The molecule has 1 aromatic carbocycles. The van der Waals surface area contributed by atoms with Crippen molar-refractivity contribution in [3.63, 3.8) is 0 Å². The summed E-state index contributed by atoms with van der Waals surface area (Å²) in [4.78, 5) is 0. The third-order valence-corrected chi connectivity index (χ3v) is 3.37. The predicted molar refractivity (Wildman–Crippen MR) is 65.1 cm³/mol. The van der Waals surface area contributed by atoms with Crippen molar-refractivity contribution >= 4 is 0 Å². The molecule has 0 spiro atoms. The minimum atomic E-state index is -0.297. The van der Waals surface area contributed by atoms with Crippen molar-refractivity contribution in [2.45, 2.75) is 24.9 Å². The molecule has 0 radical (unpaired) electrons. The van der Waals surface area contributed by atoms with Gasteiger partial charge in [0.15, 0.2) is 0 Å². The lowest BCUT2D eigenvalue weighted by Crippen LogP contribution is -2.42. The summed E-state index contributed by atoms with van der Waals surface area (Å²) in [6, 6.07) is 8.44. The second-order valence-corrected chi connectivity index (χ2v) is 4.35. The van der Waals surface area contributed by atoms with Gasteiger partial charge in [-0.25, -0.2) is 0 Å². The molecule has 1 aliphatic heterocycles. The lowest BCUT2D eigenvalue weighted by Gasteiger charge is -2.38. The summed E-state index contributed by atoms with van der Waals surface area (Å²) in [6.07, 6.45) is 2.85. The molecule has 3 heteroatoms. The van der Waals surface area contributed by atoms with E-state index in [9.17, 15) is 0 Å². The first-order valence-corrected chi connectivity index (χ1v) is 5.95. The van der Waals surface area contributed by atoms with Crippen LogP contribution in [0.4, 0.5) is 0 Å². The van der Waals surface area contributed by atoms with E-state index in [-0.39, 0.29) is 5.60 Å². The number of benzene rings is 1. The molecule has 4 N–H and O–H groups in total. The number of fused-ring (bicyclic) bond motifs is 1. The normalized spacial score (nSPS) is 24.1. The van der Waals surface area contributed by atoms with E-state index in [4.69, 9.17) is 16.2 Å². The van der Waals surface area contributed by atoms with Crippen molar-refractivity contribution in [2.75, 3.05) is 19.7 Å². The number of nitrogens with two attached hydrogens (primary N) is 2. The van der Waals surface area contributed by atoms with Gasteiger partial charge in [0.25, 0.3) is 0 Å². The van der Waals surface area contributed by atoms with E-state index in [0.717, 1.165) is 25.9 Å². The van der Waals surface area contributed by atoms with Crippen LogP contribution in [0.15, 0.2) is 24.3 Å². The number of rotatable bonds is 4. The van der Waals surface area contributed by atoms with Crippen LogP contribution in [-0.2, 0) is 16.8 Å². The van der Waals surface area contributed by atoms with Crippen molar-refractivity contribution < 1.29 is 4.74 Å². The summed E-state index contributed by atoms with van der Waals surface area (Å²) in [5.74, 6) is 0. The Hall–Kier alpha value is -0.900. The fraction of sp³-hybridized carbons (Fsp3) is 0.538. The van der Waals surface area contributed by atoms with Gasteiger partial charge in [-0.3, -0.25) is 0 Å². The molecule has 1 heterocycles. The lowest BCUT2D eigenvalue weighted by atomic mass is 9.83. The Bertz CT molecular complexity index is 354. The maximum atomic E-state index is 5.96. The first-order valence-electron chi connectivity index (χ1n) is 5.95. The summed E-state index contributed by atoms with van der Waals surface area (Å²) in [5, 5.41) is 0. The molecule has 1 aliphatic rings. The predicted octanol–water partition coefficient (Wildman–Crippen LogP) is 1.15. The molecule has 16 heavy (non-hydrogen) atoms. The Kier molecular flexibility index (Phi) is 3.59. The Balaban J connectivity index is 2.33. The van der Waals surface area contributed by atoms with Gasteiger partial charge < -0.3 is 16.2 Å². The quantitative estimate of drug-likeness (QED) is 0.800. The molecule has 1 atom stereocenters. The summed E-state index contributed by atoms with van der Waals surface area (Å²) < 4.78 is 5.96. The molecule has 0 saturated carbocycles. The largest absolute Gasteiger partial charge is 0.369 e. The van der Waals surface area contributed by atoms with Gasteiger partial charge in [-0.1, -0.05) is 24.3 Å². The molecule has 0 aromatic heterocycles. The van der Waals surface area contributed by atoms with Crippen LogP contribution in [0.3, 0.4) is 0 Å². The highest BCUT2D eigenvalue weighted by Crippen LogP contribution is 2.35. The molecule has 0 aliphatic carbocycles. The lowest BCUT2D eigenvalue weighted by molar-refractivity contribution is -0.0603. The van der Waals surface area contributed by atoms with Gasteiger partial charge in [-0.15, -0.1) is 0 Å². The molecule has 88 valence electrons. The van der Waals surface area contributed by atoms with Crippen LogP contribution in [0.1, 0.15) is 24.0 Å². The minimum absolute atomic E-state index is 0.297. The highest BCUT2D eigenvalue weighted by atomic mass is 16.5. The van der Waals surface area contributed by atoms with Crippen molar-refractivity contribution in [1.29, 1.82) is 0 Å². The van der Waals surface area contributed by atoms with Crippen LogP contribution >= 0.6 is 0 Å². The molecule has 1 aromatic rings. The topological polar surface area (TPSA) is 61.3 Å². The second kappa shape index (κ2) is 4.95. The molecular weight excluding hydrogens is 200 g/mol. The Morgan fingerprint density at radius 3 is 2.81 bits per heavy atom. The van der Waals surface area contributed by atoms with E-state index in [1.165, 1.54) is 11.1 Å². The number of hydrogen-bond donors (Lipinski definition) is 2. The zero-order valence-corrected chi connectivity index (χ0v) is 9.61. The van der Waals surface area contributed by atoms with Gasteiger partial charge in [-0.2, -0.15) is 0 Å². The zero-order valence-electron chi connectivity index (χ0n) is 9.61. The van der Waals surface area contributed by atoms with Crippen LogP contribution in [0.5, 0.6) is 0 Å².